The predicted octanol–water partition coefficient (Wildman–Crippen LogP) is 2.47. The molecule has 1 aliphatic heterocycles. The zero-order chi connectivity index (χ0) is 19.3. The molecule has 2 aromatic carbocycles. The van der Waals surface area contributed by atoms with Crippen LogP contribution in [0.2, 0.25) is 0 Å². The summed E-state index contributed by atoms with van der Waals surface area (Å²) >= 11 is 0. The minimum absolute atomic E-state index is 0.149. The van der Waals surface area contributed by atoms with Crippen LogP contribution in [-0.4, -0.2) is 33.4 Å². The lowest BCUT2D eigenvalue weighted by molar-refractivity contribution is -0.119. The first-order valence-electron chi connectivity index (χ1n) is 9.08. The molecule has 4 N–H and O–H groups in total. The van der Waals surface area contributed by atoms with E-state index in [0.29, 0.717) is 16.9 Å². The second-order valence-electron chi connectivity index (χ2n) is 6.92. The topological polar surface area (TPSA) is 124 Å². The maximum atomic E-state index is 11.7. The molecule has 0 radical (unpaired) electrons. The second-order valence-corrected chi connectivity index (χ2v) is 6.92. The zero-order valence-corrected chi connectivity index (χ0v) is 15.0. The van der Waals surface area contributed by atoms with E-state index < -0.39 is 0 Å². The number of nitrogens with zero attached hydrogens (tertiary/aromatic N) is 4. The second kappa shape index (κ2) is 6.19. The van der Waals surface area contributed by atoms with Crippen molar-refractivity contribution in [1.29, 1.82) is 0 Å². The lowest BCUT2D eigenvalue weighted by Crippen LogP contribution is -2.40. The molecule has 0 saturated carbocycles. The van der Waals surface area contributed by atoms with Gasteiger partial charge in [-0.15, -0.1) is 0 Å². The molecule has 1 fully saturated rings. The highest BCUT2D eigenvalue weighted by Gasteiger charge is 2.30. The molecular formula is C20H18N6O2. The Bertz CT molecular complexity index is 1220. The number of nitrogens with two attached hydrogens (primary N) is 2. The Morgan fingerprint density at radius 1 is 1.07 bits per heavy atom. The van der Waals surface area contributed by atoms with Crippen molar-refractivity contribution in [2.24, 2.45) is 5.73 Å². The van der Waals surface area contributed by atoms with Gasteiger partial charge in [-0.25, -0.2) is 4.98 Å². The highest BCUT2D eigenvalue weighted by molar-refractivity contribution is 5.87. The van der Waals surface area contributed by atoms with E-state index in [4.69, 9.17) is 20.9 Å². The fourth-order valence-electron chi connectivity index (χ4n) is 3.78. The molecule has 5 rings (SSSR count). The largest absolute Gasteiger partial charge is 0.424 e. The maximum Gasteiger partial charge on any atom is 0.292 e. The van der Waals surface area contributed by atoms with Crippen LogP contribution in [0.15, 0.2) is 47.0 Å². The Kier molecular flexibility index (Phi) is 3.65. The first kappa shape index (κ1) is 16.5. The van der Waals surface area contributed by atoms with Crippen molar-refractivity contribution in [3.05, 3.63) is 42.6 Å². The van der Waals surface area contributed by atoms with Gasteiger partial charge in [-0.2, -0.15) is 4.98 Å². The zero-order valence-electron chi connectivity index (χ0n) is 15.0. The minimum Gasteiger partial charge on any atom is -0.424 e. The van der Waals surface area contributed by atoms with Crippen molar-refractivity contribution >= 4 is 39.9 Å². The van der Waals surface area contributed by atoms with Gasteiger partial charge < -0.3 is 20.8 Å². The normalized spacial score (nSPS) is 16.9. The Morgan fingerprint density at radius 2 is 1.86 bits per heavy atom. The molecule has 1 amide bonds. The number of hydrogen-bond donors (Lipinski definition) is 2. The number of carbonyl (C=O) groups excluding carboxylic acids is 1. The molecule has 0 aliphatic carbocycles. The average Bonchev–Trinajstić information content (AvgIpc) is 3.32. The summed E-state index contributed by atoms with van der Waals surface area (Å²) in [6.07, 6.45) is 3.36. The van der Waals surface area contributed by atoms with E-state index in [2.05, 4.69) is 9.97 Å². The fraction of sp³-hybridized carbons (Fsp3) is 0.200. The number of fused-ring (bicyclic) bond motifs is 2. The Labute approximate surface area is 160 Å². The number of nitrogen functional groups attached to an aromatic ring is 1. The summed E-state index contributed by atoms with van der Waals surface area (Å²) < 4.78 is 5.33. The molecule has 1 aliphatic rings. The molecule has 8 nitrogen and oxygen atoms in total. The van der Waals surface area contributed by atoms with E-state index in [9.17, 15) is 4.79 Å². The summed E-state index contributed by atoms with van der Waals surface area (Å²) in [7, 11) is 0. The van der Waals surface area contributed by atoms with Gasteiger partial charge >= 0.3 is 0 Å². The summed E-state index contributed by atoms with van der Waals surface area (Å²) in [5.74, 6) is 0.346. The number of anilines is 2. The molecule has 4 aromatic rings. The van der Waals surface area contributed by atoms with Gasteiger partial charge in [0.2, 0.25) is 5.91 Å². The number of carbonyl (C=O) groups is 1. The Morgan fingerprint density at radius 3 is 2.68 bits per heavy atom. The van der Waals surface area contributed by atoms with E-state index in [-0.39, 0.29) is 18.0 Å². The molecule has 1 unspecified atom stereocenters. The Balaban J connectivity index is 1.56. The minimum atomic E-state index is -0.326. The molecule has 1 saturated heterocycles. The van der Waals surface area contributed by atoms with Crippen LogP contribution >= 0.6 is 0 Å². The molecular weight excluding hydrogens is 356 g/mol. The fourth-order valence-corrected chi connectivity index (χ4v) is 3.78. The number of hydrogen-bond acceptors (Lipinski definition) is 7. The molecule has 8 heteroatoms. The van der Waals surface area contributed by atoms with Gasteiger partial charge in [0.1, 0.15) is 17.4 Å². The van der Waals surface area contributed by atoms with Crippen LogP contribution in [0.1, 0.15) is 12.8 Å². The van der Waals surface area contributed by atoms with Gasteiger partial charge in [0, 0.05) is 6.54 Å². The van der Waals surface area contributed by atoms with Gasteiger partial charge in [-0.05, 0) is 48.2 Å². The van der Waals surface area contributed by atoms with Crippen LogP contribution in [0, 0.1) is 0 Å². The van der Waals surface area contributed by atoms with Crippen molar-refractivity contribution < 1.29 is 9.21 Å². The first-order chi connectivity index (χ1) is 13.6. The maximum absolute atomic E-state index is 11.7. The number of amides is 1. The van der Waals surface area contributed by atoms with Crippen LogP contribution in [0.3, 0.4) is 0 Å². The number of oxazole rings is 1. The van der Waals surface area contributed by atoms with Crippen LogP contribution in [0.5, 0.6) is 0 Å². The van der Waals surface area contributed by atoms with E-state index >= 15 is 0 Å². The van der Waals surface area contributed by atoms with Gasteiger partial charge in [-0.1, -0.05) is 12.1 Å². The number of aromatic nitrogens is 3. The van der Waals surface area contributed by atoms with Crippen molar-refractivity contribution in [2.75, 3.05) is 17.2 Å². The molecule has 140 valence electrons. The average molecular weight is 374 g/mol. The summed E-state index contributed by atoms with van der Waals surface area (Å²) in [6, 6.07) is 11.5. The van der Waals surface area contributed by atoms with Gasteiger partial charge in [-0.3, -0.25) is 9.78 Å². The van der Waals surface area contributed by atoms with Crippen LogP contribution in [-0.2, 0) is 4.79 Å². The third-order valence-corrected chi connectivity index (χ3v) is 5.14. The summed E-state index contributed by atoms with van der Waals surface area (Å²) in [5, 5.41) is 0. The van der Waals surface area contributed by atoms with E-state index in [1.807, 2.05) is 41.3 Å². The number of primary amides is 1. The molecule has 28 heavy (non-hydrogen) atoms. The van der Waals surface area contributed by atoms with Crippen molar-refractivity contribution in [1.82, 2.24) is 15.0 Å². The SMILES string of the molecule is NC(=O)C1CCCN1c1cnc2ccc(-c3ccc4oc(N)nc4c3)cc2n1. The monoisotopic (exact) mass is 374 g/mol. The third-order valence-electron chi connectivity index (χ3n) is 5.14. The van der Waals surface area contributed by atoms with Gasteiger partial charge in [0.05, 0.1) is 17.2 Å². The lowest BCUT2D eigenvalue weighted by atomic mass is 10.0. The van der Waals surface area contributed by atoms with Gasteiger partial charge in [0.15, 0.2) is 5.58 Å². The van der Waals surface area contributed by atoms with Crippen LogP contribution < -0.4 is 16.4 Å². The van der Waals surface area contributed by atoms with Crippen molar-refractivity contribution in [3.63, 3.8) is 0 Å². The van der Waals surface area contributed by atoms with E-state index in [1.165, 1.54) is 0 Å². The Hall–Kier alpha value is -3.68. The quantitative estimate of drug-likeness (QED) is 0.564. The van der Waals surface area contributed by atoms with Crippen LogP contribution in [0.4, 0.5) is 11.8 Å². The number of rotatable bonds is 3. The smallest absolute Gasteiger partial charge is 0.292 e. The van der Waals surface area contributed by atoms with Crippen molar-refractivity contribution in [2.45, 2.75) is 18.9 Å². The van der Waals surface area contributed by atoms with Crippen molar-refractivity contribution in [3.8, 4) is 11.1 Å². The standard InChI is InChI=1S/C20H18N6O2/c21-19(27)16-2-1-7-26(16)18-10-23-13-5-3-11(8-14(13)24-18)12-4-6-17-15(9-12)25-20(22)28-17/h3-6,8-10,16H,1-2,7H2,(H2,21,27)(H2,22,25). The van der Waals surface area contributed by atoms with E-state index in [0.717, 1.165) is 41.5 Å². The first-order valence-corrected chi connectivity index (χ1v) is 9.08. The van der Waals surface area contributed by atoms with Gasteiger partial charge in [0.25, 0.3) is 6.01 Å². The predicted molar refractivity (Wildman–Crippen MR) is 107 cm³/mol. The molecule has 0 bridgehead atoms. The van der Waals surface area contributed by atoms with E-state index in [1.54, 1.807) is 6.20 Å². The third kappa shape index (κ3) is 2.70. The number of benzene rings is 2. The lowest BCUT2D eigenvalue weighted by Gasteiger charge is -2.23. The highest BCUT2D eigenvalue weighted by atomic mass is 16.4. The molecule has 2 aromatic heterocycles. The molecule has 0 spiro atoms. The highest BCUT2D eigenvalue weighted by Crippen LogP contribution is 2.29. The summed E-state index contributed by atoms with van der Waals surface area (Å²) in [6.45, 7) is 0.748. The summed E-state index contributed by atoms with van der Waals surface area (Å²) in [4.78, 5) is 27.1. The summed E-state index contributed by atoms with van der Waals surface area (Å²) in [5.41, 5.74) is 16.0. The molecule has 3 heterocycles. The molecule has 1 atom stereocenters. The van der Waals surface area contributed by atoms with Crippen LogP contribution in [0.25, 0.3) is 33.3 Å².